The van der Waals surface area contributed by atoms with E-state index in [1.165, 1.54) is 11.5 Å². The number of aryl methyl sites for hydroxylation is 1. The smallest absolute Gasteiger partial charge is 0.169 e. The van der Waals surface area contributed by atoms with Crippen molar-refractivity contribution in [1.82, 2.24) is 0 Å². The average Bonchev–Trinajstić information content (AvgIpc) is 2.70. The molecule has 14 heavy (non-hydrogen) atoms. The fraction of sp³-hybridized carbons (Fsp3) is 0.0769. The third-order valence-electron chi connectivity index (χ3n) is 2.16. The zero-order chi connectivity index (χ0) is 9.80. The second-order valence-electron chi connectivity index (χ2n) is 3.35. The van der Waals surface area contributed by atoms with E-state index in [0.717, 1.165) is 0 Å². The third-order valence-corrected chi connectivity index (χ3v) is 2.16. The van der Waals surface area contributed by atoms with Crippen molar-refractivity contribution in [3.8, 4) is 0 Å². The van der Waals surface area contributed by atoms with Crippen LogP contribution in [-0.2, 0) is 7.05 Å². The highest BCUT2D eigenvalue weighted by atomic mass is 14.9. The summed E-state index contributed by atoms with van der Waals surface area (Å²) < 4.78 is 2.03. The standard InChI is InChI=1S/C13H13N/c1-14-10-8-13(9-11-14)7-6-12-4-2-3-5-12/h2-11H,1H3/q+1/b7-6+. The predicted molar refractivity (Wildman–Crippen MR) is 57.1 cm³/mol. The van der Waals surface area contributed by atoms with E-state index in [4.69, 9.17) is 0 Å². The Hall–Kier alpha value is -1.11. The monoisotopic (exact) mass is 183 g/mol. The lowest BCUT2D eigenvalue weighted by Gasteiger charge is -1.97. The number of aromatic nitrogens is 1. The van der Waals surface area contributed by atoms with Gasteiger partial charge in [0.05, 0.1) is 0 Å². The Morgan fingerprint density at radius 1 is 1.00 bits per heavy atom. The quantitative estimate of drug-likeness (QED) is 0.617. The number of allylic oxidation sites excluding steroid dienone is 1. The zero-order valence-corrected chi connectivity index (χ0v) is 8.22. The number of nitrogens with zero attached hydrogens (tertiary/aromatic N) is 1. The number of hydrogen-bond acceptors (Lipinski definition) is 0. The molecule has 1 aliphatic carbocycles. The van der Waals surface area contributed by atoms with Gasteiger partial charge in [-0.2, -0.15) is 0 Å². The Kier molecular flexibility index (Phi) is 2.97. The molecule has 0 spiro atoms. The molecule has 1 fully saturated rings. The second-order valence-corrected chi connectivity index (χ2v) is 3.35. The van der Waals surface area contributed by atoms with Crippen LogP contribution in [0.3, 0.4) is 0 Å². The minimum Gasteiger partial charge on any atom is -0.208 e. The first-order valence-electron chi connectivity index (χ1n) is 4.70. The Morgan fingerprint density at radius 3 is 2.29 bits per heavy atom. The van der Waals surface area contributed by atoms with E-state index >= 15 is 0 Å². The van der Waals surface area contributed by atoms with Gasteiger partial charge in [-0.05, 0) is 31.2 Å². The molecule has 5 radical (unpaired) electrons. The first-order valence-corrected chi connectivity index (χ1v) is 4.70. The van der Waals surface area contributed by atoms with Crippen molar-refractivity contribution in [2.75, 3.05) is 0 Å². The molecule has 69 valence electrons. The molecule has 2 rings (SSSR count). The van der Waals surface area contributed by atoms with Crippen LogP contribution in [-0.4, -0.2) is 0 Å². The number of rotatable bonds is 2. The molecule has 1 heterocycles. The van der Waals surface area contributed by atoms with Gasteiger partial charge in [0.25, 0.3) is 0 Å². The minimum absolute atomic E-state index is 1.23. The first kappa shape index (κ1) is 9.45. The summed E-state index contributed by atoms with van der Waals surface area (Å²) in [6.45, 7) is 0. The molecule has 1 aromatic rings. The van der Waals surface area contributed by atoms with Crippen LogP contribution in [0.5, 0.6) is 0 Å². The van der Waals surface area contributed by atoms with E-state index in [1.807, 2.05) is 36.9 Å². The molecule has 1 nitrogen and oxygen atoms in total. The molecule has 0 aromatic carbocycles. The van der Waals surface area contributed by atoms with Gasteiger partial charge in [0.1, 0.15) is 7.05 Å². The Labute approximate surface area is 86.1 Å². The van der Waals surface area contributed by atoms with Crippen LogP contribution in [0.2, 0.25) is 0 Å². The van der Waals surface area contributed by atoms with Gasteiger partial charge in [-0.25, -0.2) is 4.57 Å². The molecule has 0 unspecified atom stereocenters. The Balaban J connectivity index is 1.99. The van der Waals surface area contributed by atoms with E-state index in [1.54, 1.807) is 0 Å². The topological polar surface area (TPSA) is 3.88 Å². The molecule has 0 amide bonds. The van der Waals surface area contributed by atoms with Crippen molar-refractivity contribution in [3.63, 3.8) is 0 Å². The lowest BCUT2D eigenvalue weighted by Crippen LogP contribution is -2.25. The van der Waals surface area contributed by atoms with Crippen LogP contribution in [0.25, 0.3) is 6.08 Å². The maximum atomic E-state index is 2.12. The predicted octanol–water partition coefficient (Wildman–Crippen LogP) is 1.93. The van der Waals surface area contributed by atoms with Gasteiger partial charge in [0, 0.05) is 18.1 Å². The summed E-state index contributed by atoms with van der Waals surface area (Å²) in [5, 5.41) is 0. The van der Waals surface area contributed by atoms with E-state index in [-0.39, 0.29) is 0 Å². The van der Waals surface area contributed by atoms with Crippen LogP contribution in [0.4, 0.5) is 0 Å². The fourth-order valence-electron chi connectivity index (χ4n) is 1.32. The fourth-order valence-corrected chi connectivity index (χ4v) is 1.32. The molecule has 0 N–H and O–H groups in total. The molecule has 1 saturated carbocycles. The molecule has 0 bridgehead atoms. The normalized spacial score (nSPS) is 18.1. The highest BCUT2D eigenvalue weighted by Crippen LogP contribution is 2.24. The molecule has 1 aromatic heterocycles. The van der Waals surface area contributed by atoms with Crippen LogP contribution in [0.15, 0.2) is 30.6 Å². The van der Waals surface area contributed by atoms with Crippen molar-refractivity contribution in [1.29, 1.82) is 0 Å². The molecule has 1 heteroatoms. The lowest BCUT2D eigenvalue weighted by atomic mass is 10.1. The van der Waals surface area contributed by atoms with Gasteiger partial charge in [0.2, 0.25) is 0 Å². The summed E-state index contributed by atoms with van der Waals surface area (Å²) in [6, 6.07) is 4.19. The summed E-state index contributed by atoms with van der Waals surface area (Å²) >= 11 is 0. The van der Waals surface area contributed by atoms with Gasteiger partial charge in [-0.15, -0.1) is 0 Å². The van der Waals surface area contributed by atoms with E-state index in [2.05, 4.69) is 37.1 Å². The van der Waals surface area contributed by atoms with E-state index < -0.39 is 0 Å². The van der Waals surface area contributed by atoms with Crippen LogP contribution in [0, 0.1) is 31.6 Å². The summed E-state index contributed by atoms with van der Waals surface area (Å²) in [5.74, 6) is 1.25. The highest BCUT2D eigenvalue weighted by Gasteiger charge is 2.12. The molecule has 0 saturated heterocycles. The maximum Gasteiger partial charge on any atom is 0.169 e. The summed E-state index contributed by atoms with van der Waals surface area (Å²) in [7, 11) is 2.02. The highest BCUT2D eigenvalue weighted by molar-refractivity contribution is 5.55. The third kappa shape index (κ3) is 2.44. The second kappa shape index (κ2) is 4.41. The van der Waals surface area contributed by atoms with Crippen molar-refractivity contribution in [2.45, 2.75) is 0 Å². The summed E-state index contributed by atoms with van der Waals surface area (Å²) in [5.41, 5.74) is 1.23. The minimum atomic E-state index is 1.23. The molecule has 0 aliphatic heterocycles. The summed E-state index contributed by atoms with van der Waals surface area (Å²) in [6.07, 6.45) is 16.6. The number of pyridine rings is 1. The van der Waals surface area contributed by atoms with Gasteiger partial charge < -0.3 is 0 Å². The van der Waals surface area contributed by atoms with Crippen molar-refractivity contribution >= 4 is 6.08 Å². The van der Waals surface area contributed by atoms with Crippen molar-refractivity contribution in [2.24, 2.45) is 7.05 Å². The van der Waals surface area contributed by atoms with Crippen LogP contribution >= 0.6 is 0 Å². The lowest BCUT2D eigenvalue weighted by molar-refractivity contribution is -0.671. The van der Waals surface area contributed by atoms with Gasteiger partial charge in [-0.1, -0.05) is 12.2 Å². The van der Waals surface area contributed by atoms with Gasteiger partial charge >= 0.3 is 0 Å². The Morgan fingerprint density at radius 2 is 1.64 bits per heavy atom. The largest absolute Gasteiger partial charge is 0.208 e. The molecular weight excluding hydrogens is 170 g/mol. The molecular formula is C13H13N+. The Bertz CT molecular complexity index is 305. The first-order chi connectivity index (χ1) is 6.84. The SMILES string of the molecule is C[n+]1ccc(/C=C/[C]2[CH][CH][CH][CH]2)cc1. The van der Waals surface area contributed by atoms with Crippen LogP contribution < -0.4 is 4.57 Å². The summed E-state index contributed by atoms with van der Waals surface area (Å²) in [4.78, 5) is 0. The van der Waals surface area contributed by atoms with Crippen molar-refractivity contribution in [3.05, 3.63) is 67.8 Å². The van der Waals surface area contributed by atoms with E-state index in [9.17, 15) is 0 Å². The average molecular weight is 183 g/mol. The van der Waals surface area contributed by atoms with Crippen molar-refractivity contribution < 1.29 is 4.57 Å². The van der Waals surface area contributed by atoms with Gasteiger partial charge in [-0.3, -0.25) is 0 Å². The zero-order valence-electron chi connectivity index (χ0n) is 8.22. The van der Waals surface area contributed by atoms with E-state index in [0.29, 0.717) is 0 Å². The molecule has 1 aliphatic rings. The van der Waals surface area contributed by atoms with Crippen LogP contribution in [0.1, 0.15) is 5.56 Å². The molecule has 0 atom stereocenters. The maximum absolute atomic E-state index is 2.12. The number of hydrogen-bond donors (Lipinski definition) is 0. The van der Waals surface area contributed by atoms with Gasteiger partial charge in [0.15, 0.2) is 12.4 Å².